The van der Waals surface area contributed by atoms with Gasteiger partial charge in [0.2, 0.25) is 29.5 Å². The molecule has 0 spiro atoms. The predicted molar refractivity (Wildman–Crippen MR) is 168 cm³/mol. The summed E-state index contributed by atoms with van der Waals surface area (Å²) in [6, 6.07) is 9.27. The van der Waals surface area contributed by atoms with E-state index in [0.717, 1.165) is 27.4 Å². The zero-order valence-corrected chi connectivity index (χ0v) is 24.7. The van der Waals surface area contributed by atoms with Gasteiger partial charge in [0.15, 0.2) is 0 Å². The highest BCUT2D eigenvalue weighted by atomic mass is 16.4. The van der Waals surface area contributed by atoms with Crippen LogP contribution in [0.1, 0.15) is 30.4 Å². The summed E-state index contributed by atoms with van der Waals surface area (Å²) in [5.41, 5.74) is 19.7. The molecule has 4 aromatic rings. The van der Waals surface area contributed by atoms with Gasteiger partial charge < -0.3 is 48.2 Å². The number of primary amides is 2. The van der Waals surface area contributed by atoms with Gasteiger partial charge in [-0.2, -0.15) is 0 Å². The number of carboxylic acids is 1. The first-order valence-electron chi connectivity index (χ1n) is 14.5. The van der Waals surface area contributed by atoms with Crippen molar-refractivity contribution < 1.29 is 33.9 Å². The van der Waals surface area contributed by atoms with Crippen LogP contribution in [0.4, 0.5) is 0 Å². The number of fused-ring (bicyclic) bond motifs is 2. The van der Waals surface area contributed by atoms with E-state index in [1.54, 1.807) is 24.5 Å². The number of para-hydroxylation sites is 2. The molecule has 4 unspecified atom stereocenters. The van der Waals surface area contributed by atoms with Crippen molar-refractivity contribution in [2.45, 2.75) is 56.3 Å². The third kappa shape index (κ3) is 8.47. The van der Waals surface area contributed by atoms with Crippen LogP contribution in [0.3, 0.4) is 0 Å². The van der Waals surface area contributed by atoms with Crippen LogP contribution < -0.4 is 33.2 Å². The topological polar surface area (TPSA) is 268 Å². The average Bonchev–Trinajstić information content (AvgIpc) is 3.62. The quantitative estimate of drug-likeness (QED) is 0.0771. The molecule has 0 bridgehead atoms. The summed E-state index contributed by atoms with van der Waals surface area (Å²) in [5, 5.41) is 18.5. The number of aromatic nitrogens is 2. The van der Waals surface area contributed by atoms with Crippen molar-refractivity contribution in [2.75, 3.05) is 0 Å². The monoisotopic (exact) mass is 632 g/mol. The highest BCUT2D eigenvalue weighted by Gasteiger charge is 2.32. The fourth-order valence-corrected chi connectivity index (χ4v) is 5.14. The first-order chi connectivity index (χ1) is 21.9. The Morgan fingerprint density at radius 1 is 0.674 bits per heavy atom. The van der Waals surface area contributed by atoms with Gasteiger partial charge in [0.25, 0.3) is 0 Å². The van der Waals surface area contributed by atoms with Crippen LogP contribution >= 0.6 is 0 Å². The Hall–Kier alpha value is -5.70. The molecule has 12 N–H and O–H groups in total. The molecule has 0 aliphatic rings. The molecule has 0 fully saturated rings. The number of nitrogens with one attached hydrogen (secondary N) is 5. The van der Waals surface area contributed by atoms with E-state index in [1.807, 2.05) is 36.4 Å². The van der Waals surface area contributed by atoms with Crippen LogP contribution in [-0.4, -0.2) is 74.7 Å². The number of hydrogen-bond donors (Lipinski definition) is 9. The second-order valence-electron chi connectivity index (χ2n) is 10.9. The predicted octanol–water partition coefficient (Wildman–Crippen LogP) is -0.558. The molecule has 0 saturated carbocycles. The Kier molecular flexibility index (Phi) is 10.7. The van der Waals surface area contributed by atoms with Crippen molar-refractivity contribution in [3.63, 3.8) is 0 Å². The summed E-state index contributed by atoms with van der Waals surface area (Å²) in [4.78, 5) is 81.1. The lowest BCUT2D eigenvalue weighted by atomic mass is 10.0. The third-order valence-electron chi connectivity index (χ3n) is 7.52. The number of nitrogens with two attached hydrogens (primary N) is 3. The molecule has 4 rings (SSSR count). The van der Waals surface area contributed by atoms with E-state index in [-0.39, 0.29) is 25.7 Å². The highest BCUT2D eigenvalue weighted by Crippen LogP contribution is 2.20. The molecule has 4 atom stereocenters. The van der Waals surface area contributed by atoms with E-state index in [0.29, 0.717) is 5.56 Å². The number of rotatable bonds is 16. The van der Waals surface area contributed by atoms with Gasteiger partial charge in [-0.15, -0.1) is 0 Å². The molecule has 15 nitrogen and oxygen atoms in total. The van der Waals surface area contributed by atoms with E-state index >= 15 is 0 Å². The first-order valence-corrected chi connectivity index (χ1v) is 14.5. The van der Waals surface area contributed by atoms with Crippen LogP contribution in [0.5, 0.6) is 0 Å². The molecule has 2 aromatic heterocycles. The minimum Gasteiger partial charge on any atom is -0.480 e. The molecule has 46 heavy (non-hydrogen) atoms. The van der Waals surface area contributed by atoms with Gasteiger partial charge in [-0.3, -0.25) is 24.0 Å². The zero-order chi connectivity index (χ0) is 33.4. The molecule has 242 valence electrons. The Morgan fingerprint density at radius 2 is 1.17 bits per heavy atom. The lowest BCUT2D eigenvalue weighted by Gasteiger charge is -2.25. The number of H-pyrrole nitrogens is 2. The largest absolute Gasteiger partial charge is 0.480 e. The SMILES string of the molecule is NC(=O)CCC(NC(=O)C(N)Cc1c[nH]c2ccccc12)C(=O)NC(Cc1c[nH]c2ccccc12)C(=O)NC(CC(N)=O)C(=O)O. The van der Waals surface area contributed by atoms with E-state index in [1.165, 1.54) is 0 Å². The third-order valence-corrected chi connectivity index (χ3v) is 7.52. The van der Waals surface area contributed by atoms with Gasteiger partial charge >= 0.3 is 5.97 Å². The number of carboxylic acid groups (broad SMARTS) is 1. The van der Waals surface area contributed by atoms with Crippen LogP contribution in [0.25, 0.3) is 21.8 Å². The fraction of sp³-hybridized carbons (Fsp3) is 0.290. The van der Waals surface area contributed by atoms with E-state index in [9.17, 15) is 33.9 Å². The maximum atomic E-state index is 13.6. The number of benzene rings is 2. The highest BCUT2D eigenvalue weighted by molar-refractivity contribution is 5.96. The van der Waals surface area contributed by atoms with Crippen LogP contribution in [-0.2, 0) is 41.6 Å². The number of hydrogen-bond acceptors (Lipinski definition) is 7. The lowest BCUT2D eigenvalue weighted by Crippen LogP contribution is -2.58. The van der Waals surface area contributed by atoms with Crippen molar-refractivity contribution in [1.29, 1.82) is 0 Å². The van der Waals surface area contributed by atoms with E-state index < -0.39 is 66.1 Å². The summed E-state index contributed by atoms with van der Waals surface area (Å²) in [6.07, 6.45) is 2.28. The van der Waals surface area contributed by atoms with Crippen LogP contribution in [0.15, 0.2) is 60.9 Å². The molecule has 0 saturated heterocycles. The Morgan fingerprint density at radius 3 is 1.72 bits per heavy atom. The number of aliphatic carboxylic acids is 1. The second kappa shape index (κ2) is 14.9. The standard InChI is InChI=1S/C31H36N8O7/c32-20(11-16-14-35-21-7-3-1-5-18(16)21)28(42)37-23(9-10-26(33)40)29(43)38-24(30(44)39-25(31(45)46)13-27(34)41)12-17-15-36-22-8-4-2-6-19(17)22/h1-8,14-15,20,23-25,35-36H,9-13,32H2,(H2,33,40)(H2,34,41)(H,37,42)(H,38,43)(H,39,44)(H,45,46). The van der Waals surface area contributed by atoms with Gasteiger partial charge in [-0.1, -0.05) is 36.4 Å². The number of carbonyl (C=O) groups is 6. The molecule has 0 aliphatic carbocycles. The summed E-state index contributed by atoms with van der Waals surface area (Å²) >= 11 is 0. The maximum Gasteiger partial charge on any atom is 0.326 e. The number of aromatic amines is 2. The fourth-order valence-electron chi connectivity index (χ4n) is 5.14. The van der Waals surface area contributed by atoms with Gasteiger partial charge in [0, 0.05) is 47.0 Å². The summed E-state index contributed by atoms with van der Waals surface area (Å²) in [6.45, 7) is 0. The van der Waals surface area contributed by atoms with Gasteiger partial charge in [0.1, 0.15) is 18.1 Å². The summed E-state index contributed by atoms with van der Waals surface area (Å²) in [5.74, 6) is -5.61. The van der Waals surface area contributed by atoms with E-state index in [4.69, 9.17) is 17.2 Å². The number of amides is 5. The number of carbonyl (C=O) groups excluding carboxylic acids is 5. The molecule has 5 amide bonds. The van der Waals surface area contributed by atoms with Crippen molar-refractivity contribution in [3.05, 3.63) is 72.1 Å². The van der Waals surface area contributed by atoms with Crippen LogP contribution in [0.2, 0.25) is 0 Å². The van der Waals surface area contributed by atoms with Crippen LogP contribution in [0, 0.1) is 0 Å². The maximum absolute atomic E-state index is 13.6. The average molecular weight is 633 g/mol. The van der Waals surface area contributed by atoms with Crippen molar-refractivity contribution in [2.24, 2.45) is 17.2 Å². The van der Waals surface area contributed by atoms with Gasteiger partial charge in [-0.25, -0.2) is 4.79 Å². The normalized spacial score (nSPS) is 13.8. The minimum atomic E-state index is -1.65. The molecule has 15 heteroatoms. The minimum absolute atomic E-state index is 0.0962. The molecule has 2 aromatic carbocycles. The second-order valence-corrected chi connectivity index (χ2v) is 10.9. The van der Waals surface area contributed by atoms with Crippen molar-refractivity contribution in [3.8, 4) is 0 Å². The first kappa shape index (κ1) is 33.2. The lowest BCUT2D eigenvalue weighted by molar-refractivity contribution is -0.143. The van der Waals surface area contributed by atoms with Crippen molar-refractivity contribution >= 4 is 57.3 Å². The molecule has 0 radical (unpaired) electrons. The zero-order valence-electron chi connectivity index (χ0n) is 24.7. The molecular formula is C31H36N8O7. The van der Waals surface area contributed by atoms with Gasteiger partial charge in [-0.05, 0) is 36.1 Å². The van der Waals surface area contributed by atoms with Crippen molar-refractivity contribution in [1.82, 2.24) is 25.9 Å². The summed E-state index contributed by atoms with van der Waals surface area (Å²) in [7, 11) is 0. The molecule has 0 aliphatic heterocycles. The van der Waals surface area contributed by atoms with Gasteiger partial charge in [0.05, 0.1) is 12.5 Å². The summed E-state index contributed by atoms with van der Waals surface area (Å²) < 4.78 is 0. The smallest absolute Gasteiger partial charge is 0.326 e. The Labute approximate surface area is 262 Å². The Bertz CT molecular complexity index is 1760. The molecular weight excluding hydrogens is 596 g/mol. The molecule has 2 heterocycles. The Balaban J connectivity index is 1.54. The van der Waals surface area contributed by atoms with E-state index in [2.05, 4.69) is 25.9 Å².